The molecule has 1 atom stereocenters. The van der Waals surface area contributed by atoms with Gasteiger partial charge in [-0.05, 0) is 71.8 Å². The summed E-state index contributed by atoms with van der Waals surface area (Å²) >= 11 is 0. The number of para-hydroxylation sites is 1. The van der Waals surface area contributed by atoms with Gasteiger partial charge in [0.15, 0.2) is 23.0 Å². The van der Waals surface area contributed by atoms with E-state index in [0.29, 0.717) is 0 Å². The van der Waals surface area contributed by atoms with Crippen molar-refractivity contribution in [3.05, 3.63) is 83.0 Å². The normalized spacial score (nSPS) is 15.3. The highest BCUT2D eigenvalue weighted by atomic mass is 16.5. The summed E-state index contributed by atoms with van der Waals surface area (Å²) in [7, 11) is 6.74. The number of methoxy groups -OCH3 is 4. The molecule has 0 fully saturated rings. The van der Waals surface area contributed by atoms with Crippen molar-refractivity contribution < 1.29 is 18.9 Å². The predicted molar refractivity (Wildman–Crippen MR) is 151 cm³/mol. The highest BCUT2D eigenvalue weighted by Gasteiger charge is 2.29. The number of nitrogens with zero attached hydrogens (tertiary/aromatic N) is 1. The molecule has 1 aromatic heterocycles. The van der Waals surface area contributed by atoms with Crippen LogP contribution in [0.3, 0.4) is 0 Å². The van der Waals surface area contributed by atoms with Crippen LogP contribution in [-0.2, 0) is 19.3 Å². The molecule has 2 N–H and O–H groups in total. The van der Waals surface area contributed by atoms with E-state index in [0.717, 1.165) is 62.0 Å². The zero-order valence-electron chi connectivity index (χ0n) is 22.7. The van der Waals surface area contributed by atoms with Gasteiger partial charge in [-0.1, -0.05) is 24.3 Å². The van der Waals surface area contributed by atoms with Gasteiger partial charge in [0.2, 0.25) is 0 Å². The molecule has 7 nitrogen and oxygen atoms in total. The van der Waals surface area contributed by atoms with Gasteiger partial charge in [0.1, 0.15) is 0 Å². The van der Waals surface area contributed by atoms with Crippen molar-refractivity contribution in [1.82, 2.24) is 15.2 Å². The van der Waals surface area contributed by atoms with Crippen LogP contribution in [0.25, 0.3) is 10.9 Å². The smallest absolute Gasteiger partial charge is 0.161 e. The molecule has 1 aliphatic rings. The summed E-state index contributed by atoms with van der Waals surface area (Å²) in [5.74, 6) is 3.08. The number of fused-ring (bicyclic) bond motifs is 2. The number of ether oxygens (including phenoxy) is 4. The second-order valence-electron chi connectivity index (χ2n) is 9.65. The van der Waals surface area contributed by atoms with Crippen molar-refractivity contribution in [1.29, 1.82) is 0 Å². The number of aromatic amines is 1. The Morgan fingerprint density at radius 1 is 0.868 bits per heavy atom. The zero-order valence-corrected chi connectivity index (χ0v) is 22.7. The lowest BCUT2D eigenvalue weighted by molar-refractivity contribution is 0.169. The molecule has 0 amide bonds. The first-order valence-corrected chi connectivity index (χ1v) is 13.1. The third kappa shape index (κ3) is 5.30. The molecule has 2 heterocycles. The number of rotatable bonds is 11. The van der Waals surface area contributed by atoms with Gasteiger partial charge in [-0.25, -0.2) is 0 Å². The molecule has 0 unspecified atom stereocenters. The van der Waals surface area contributed by atoms with Crippen LogP contribution >= 0.6 is 0 Å². The summed E-state index contributed by atoms with van der Waals surface area (Å²) in [5, 5.41) is 4.97. The molecule has 4 aromatic rings. The Labute approximate surface area is 224 Å². The third-order valence-electron chi connectivity index (χ3n) is 7.55. The third-order valence-corrected chi connectivity index (χ3v) is 7.55. The lowest BCUT2D eigenvalue weighted by Gasteiger charge is -2.38. The Bertz CT molecular complexity index is 1380. The van der Waals surface area contributed by atoms with E-state index >= 15 is 0 Å². The molecular formula is C31H37N3O4. The number of benzene rings is 3. The maximum Gasteiger partial charge on any atom is 0.161 e. The zero-order chi connectivity index (χ0) is 26.5. The lowest BCUT2D eigenvalue weighted by Crippen LogP contribution is -2.42. The number of nitrogens with one attached hydrogen (secondary N) is 2. The van der Waals surface area contributed by atoms with Crippen molar-refractivity contribution in [2.24, 2.45) is 0 Å². The van der Waals surface area contributed by atoms with Gasteiger partial charge in [0.05, 0.1) is 28.4 Å². The largest absolute Gasteiger partial charge is 0.493 e. The maximum atomic E-state index is 5.69. The fourth-order valence-electron chi connectivity index (χ4n) is 5.51. The van der Waals surface area contributed by atoms with Gasteiger partial charge in [-0.2, -0.15) is 0 Å². The Kier molecular flexibility index (Phi) is 8.05. The quantitative estimate of drug-likeness (QED) is 0.270. The minimum absolute atomic E-state index is 0.214. The van der Waals surface area contributed by atoms with Crippen molar-refractivity contribution >= 4 is 10.9 Å². The molecule has 5 rings (SSSR count). The van der Waals surface area contributed by atoms with Crippen molar-refractivity contribution in [2.45, 2.75) is 25.3 Å². The van der Waals surface area contributed by atoms with E-state index in [-0.39, 0.29) is 6.04 Å². The predicted octanol–water partition coefficient (Wildman–Crippen LogP) is 5.13. The Morgan fingerprint density at radius 3 is 2.39 bits per heavy atom. The van der Waals surface area contributed by atoms with Crippen LogP contribution in [0.4, 0.5) is 0 Å². The molecule has 0 aliphatic carbocycles. The minimum Gasteiger partial charge on any atom is -0.493 e. The standard InChI is InChI=1S/C31H37N3O4/c1-35-28-10-9-21(15-29(28)36-2)11-13-32-20-34-14-12-22-17-30(37-3)31(38-4)18-25(22)27(34)16-23-19-33-26-8-6-5-7-24(23)26/h5-10,15,17-19,27,32-33H,11-14,16,20H2,1-4H3/t27-/m1/s1. The molecule has 200 valence electrons. The number of aromatic nitrogens is 1. The van der Waals surface area contributed by atoms with E-state index in [1.54, 1.807) is 28.4 Å². The lowest BCUT2D eigenvalue weighted by atomic mass is 9.88. The summed E-state index contributed by atoms with van der Waals surface area (Å²) in [4.78, 5) is 5.99. The summed E-state index contributed by atoms with van der Waals surface area (Å²) in [6, 6.07) is 19.2. The van der Waals surface area contributed by atoms with Gasteiger partial charge >= 0.3 is 0 Å². The summed E-state index contributed by atoms with van der Waals surface area (Å²) in [6.07, 6.45) is 4.94. The minimum atomic E-state index is 0.214. The summed E-state index contributed by atoms with van der Waals surface area (Å²) < 4.78 is 22.1. The SMILES string of the molecule is COc1ccc(CCNCN2CCc3cc(OC)c(OC)cc3[C@H]2Cc2c[nH]c3ccccc23)cc1OC. The summed E-state index contributed by atoms with van der Waals surface area (Å²) in [5.41, 5.74) is 6.34. The fourth-order valence-corrected chi connectivity index (χ4v) is 5.51. The van der Waals surface area contributed by atoms with Gasteiger partial charge in [-0.15, -0.1) is 0 Å². The first kappa shape index (κ1) is 25.9. The monoisotopic (exact) mass is 515 g/mol. The van der Waals surface area contributed by atoms with Crippen molar-refractivity contribution in [3.8, 4) is 23.0 Å². The van der Waals surface area contributed by atoms with Crippen LogP contribution in [0.5, 0.6) is 23.0 Å². The van der Waals surface area contributed by atoms with Crippen LogP contribution in [0.1, 0.15) is 28.3 Å². The average Bonchev–Trinajstić information content (AvgIpc) is 3.37. The number of hydrogen-bond acceptors (Lipinski definition) is 6. The van der Waals surface area contributed by atoms with Crippen LogP contribution < -0.4 is 24.3 Å². The van der Waals surface area contributed by atoms with E-state index in [1.165, 1.54) is 33.2 Å². The molecule has 7 heteroatoms. The maximum absolute atomic E-state index is 5.69. The van der Waals surface area contributed by atoms with Gasteiger partial charge in [0.25, 0.3) is 0 Å². The van der Waals surface area contributed by atoms with Crippen LogP contribution in [0.2, 0.25) is 0 Å². The summed E-state index contributed by atoms with van der Waals surface area (Å²) in [6.45, 7) is 2.64. The molecular weight excluding hydrogens is 478 g/mol. The first-order valence-electron chi connectivity index (χ1n) is 13.1. The fraction of sp³-hybridized carbons (Fsp3) is 0.355. The Morgan fingerprint density at radius 2 is 1.61 bits per heavy atom. The van der Waals surface area contributed by atoms with Crippen molar-refractivity contribution in [3.63, 3.8) is 0 Å². The molecule has 0 saturated carbocycles. The van der Waals surface area contributed by atoms with Crippen molar-refractivity contribution in [2.75, 3.05) is 48.2 Å². The van der Waals surface area contributed by atoms with Gasteiger partial charge < -0.3 is 29.2 Å². The number of hydrogen-bond donors (Lipinski definition) is 2. The van der Waals surface area contributed by atoms with E-state index in [4.69, 9.17) is 18.9 Å². The van der Waals surface area contributed by atoms with Crippen LogP contribution in [0.15, 0.2) is 60.8 Å². The molecule has 3 aromatic carbocycles. The average molecular weight is 516 g/mol. The van der Waals surface area contributed by atoms with E-state index < -0.39 is 0 Å². The van der Waals surface area contributed by atoms with Gasteiger partial charge in [-0.3, -0.25) is 4.90 Å². The second-order valence-corrected chi connectivity index (χ2v) is 9.65. The Balaban J connectivity index is 1.35. The highest BCUT2D eigenvalue weighted by molar-refractivity contribution is 5.83. The van der Waals surface area contributed by atoms with E-state index in [1.807, 2.05) is 6.07 Å². The van der Waals surface area contributed by atoms with Crippen LogP contribution in [-0.4, -0.2) is 58.1 Å². The molecule has 0 bridgehead atoms. The van der Waals surface area contributed by atoms with Gasteiger partial charge in [0, 0.05) is 42.9 Å². The van der Waals surface area contributed by atoms with Crippen LogP contribution in [0, 0.1) is 0 Å². The van der Waals surface area contributed by atoms with E-state index in [9.17, 15) is 0 Å². The highest BCUT2D eigenvalue weighted by Crippen LogP contribution is 2.40. The second kappa shape index (κ2) is 11.8. The first-order chi connectivity index (χ1) is 18.6. The molecule has 0 spiro atoms. The van der Waals surface area contributed by atoms with E-state index in [2.05, 4.69) is 69.9 Å². The molecule has 1 aliphatic heterocycles. The molecule has 0 saturated heterocycles. The molecule has 0 radical (unpaired) electrons. The molecule has 38 heavy (non-hydrogen) atoms. The Hall–Kier alpha value is -3.68. The number of H-pyrrole nitrogens is 1. The topological polar surface area (TPSA) is 68.0 Å².